The predicted octanol–water partition coefficient (Wildman–Crippen LogP) is 3.82. The van der Waals surface area contributed by atoms with Crippen LogP contribution in [0.2, 0.25) is 0 Å². The number of unbranched alkanes of at least 4 members (excludes halogenated alkanes) is 1. The zero-order valence-corrected chi connectivity index (χ0v) is 12.4. The van der Waals surface area contributed by atoms with E-state index in [-0.39, 0.29) is 0 Å². The number of aryl methyl sites for hydroxylation is 2. The van der Waals surface area contributed by atoms with E-state index in [0.717, 1.165) is 25.9 Å². The molecule has 2 nitrogen and oxygen atoms in total. The second-order valence-corrected chi connectivity index (χ2v) is 5.69. The summed E-state index contributed by atoms with van der Waals surface area (Å²) in [7, 11) is 0. The van der Waals surface area contributed by atoms with Gasteiger partial charge in [-0.05, 0) is 24.9 Å². The fourth-order valence-corrected chi connectivity index (χ4v) is 2.76. The Bertz CT molecular complexity index is 465. The Morgan fingerprint density at radius 2 is 2.00 bits per heavy atom. The van der Waals surface area contributed by atoms with E-state index >= 15 is 0 Å². The Morgan fingerprint density at radius 3 is 2.79 bits per heavy atom. The summed E-state index contributed by atoms with van der Waals surface area (Å²) in [5.74, 6) is 0. The van der Waals surface area contributed by atoms with Crippen molar-refractivity contribution in [1.29, 1.82) is 0 Å². The minimum Gasteiger partial charge on any atom is -0.311 e. The fourth-order valence-electron chi connectivity index (χ4n) is 1.96. The quantitative estimate of drug-likeness (QED) is 0.740. The van der Waals surface area contributed by atoms with Crippen LogP contribution in [0.4, 0.5) is 0 Å². The zero-order valence-electron chi connectivity index (χ0n) is 11.6. The van der Waals surface area contributed by atoms with Gasteiger partial charge in [0.2, 0.25) is 0 Å². The van der Waals surface area contributed by atoms with E-state index in [0.29, 0.717) is 0 Å². The number of hydrogen-bond acceptors (Lipinski definition) is 3. The normalized spacial score (nSPS) is 10.8. The summed E-state index contributed by atoms with van der Waals surface area (Å²) >= 11 is 1.78. The molecule has 1 aromatic carbocycles. The molecule has 0 spiro atoms. The minimum absolute atomic E-state index is 0.905. The highest BCUT2D eigenvalue weighted by atomic mass is 32.1. The smallest absolute Gasteiger partial charge is 0.0932 e. The second kappa shape index (κ2) is 8.08. The van der Waals surface area contributed by atoms with Crippen molar-refractivity contribution in [2.24, 2.45) is 0 Å². The molecule has 1 N–H and O–H groups in total. The van der Waals surface area contributed by atoms with Gasteiger partial charge in [-0.2, -0.15) is 0 Å². The lowest BCUT2D eigenvalue weighted by Gasteiger charge is -2.00. The first-order valence-electron chi connectivity index (χ1n) is 7.06. The molecule has 0 aliphatic rings. The lowest BCUT2D eigenvalue weighted by molar-refractivity contribution is 0.634. The maximum Gasteiger partial charge on any atom is 0.0932 e. The Kier molecular flexibility index (Phi) is 6.05. The van der Waals surface area contributed by atoms with Gasteiger partial charge in [-0.3, -0.25) is 0 Å². The van der Waals surface area contributed by atoms with Crippen LogP contribution in [0.1, 0.15) is 36.0 Å². The van der Waals surface area contributed by atoms with Gasteiger partial charge in [-0.1, -0.05) is 43.7 Å². The van der Waals surface area contributed by atoms with Gasteiger partial charge in [-0.25, -0.2) is 4.98 Å². The summed E-state index contributed by atoms with van der Waals surface area (Å²) in [6.45, 7) is 4.21. The molecule has 0 aliphatic carbocycles. The van der Waals surface area contributed by atoms with Crippen LogP contribution in [0, 0.1) is 0 Å². The molecule has 1 heterocycles. The van der Waals surface area contributed by atoms with Crippen LogP contribution in [-0.4, -0.2) is 11.5 Å². The summed E-state index contributed by atoms with van der Waals surface area (Å²) in [5, 5.41) is 6.86. The third kappa shape index (κ3) is 5.13. The van der Waals surface area contributed by atoms with Crippen LogP contribution < -0.4 is 5.32 Å². The molecule has 19 heavy (non-hydrogen) atoms. The van der Waals surface area contributed by atoms with Gasteiger partial charge < -0.3 is 5.32 Å². The first-order chi connectivity index (χ1) is 9.38. The maximum absolute atomic E-state index is 4.68. The molecule has 0 bridgehead atoms. The van der Waals surface area contributed by atoms with Crippen LogP contribution in [0.15, 0.2) is 35.7 Å². The van der Waals surface area contributed by atoms with Crippen molar-refractivity contribution in [3.63, 3.8) is 0 Å². The van der Waals surface area contributed by atoms with E-state index in [4.69, 9.17) is 0 Å². The molecule has 0 unspecified atom stereocenters. The Morgan fingerprint density at radius 1 is 1.16 bits per heavy atom. The topological polar surface area (TPSA) is 24.9 Å². The molecule has 0 amide bonds. The zero-order chi connectivity index (χ0) is 13.3. The van der Waals surface area contributed by atoms with Gasteiger partial charge in [0.1, 0.15) is 0 Å². The number of rotatable bonds is 8. The number of hydrogen-bond donors (Lipinski definition) is 1. The highest BCUT2D eigenvalue weighted by Gasteiger charge is 2.02. The second-order valence-electron chi connectivity index (χ2n) is 4.75. The van der Waals surface area contributed by atoms with E-state index in [9.17, 15) is 0 Å². The molecule has 3 heteroatoms. The molecule has 0 saturated carbocycles. The standard InChI is InChI=1S/C16H22N2S/c1-2-3-11-17-12-15-13-19-16(18-15)10-9-14-7-5-4-6-8-14/h4-8,13,17H,2-3,9-12H2,1H3. The minimum atomic E-state index is 0.905. The van der Waals surface area contributed by atoms with Crippen LogP contribution in [0.25, 0.3) is 0 Å². The summed E-state index contributed by atoms with van der Waals surface area (Å²) in [5.41, 5.74) is 2.57. The molecule has 0 aliphatic heterocycles. The average molecular weight is 274 g/mol. The molecule has 2 aromatic rings. The number of benzene rings is 1. The monoisotopic (exact) mass is 274 g/mol. The molecule has 2 rings (SSSR count). The van der Waals surface area contributed by atoms with Gasteiger partial charge >= 0.3 is 0 Å². The highest BCUT2D eigenvalue weighted by Crippen LogP contribution is 2.13. The summed E-state index contributed by atoms with van der Waals surface area (Å²) in [4.78, 5) is 4.68. The fraction of sp³-hybridized carbons (Fsp3) is 0.438. The van der Waals surface area contributed by atoms with E-state index in [1.54, 1.807) is 11.3 Å². The van der Waals surface area contributed by atoms with Crippen molar-refractivity contribution in [3.05, 3.63) is 52.0 Å². The van der Waals surface area contributed by atoms with Crippen molar-refractivity contribution in [1.82, 2.24) is 10.3 Å². The van der Waals surface area contributed by atoms with Gasteiger partial charge in [0, 0.05) is 18.3 Å². The summed E-state index contributed by atoms with van der Waals surface area (Å²) < 4.78 is 0. The van der Waals surface area contributed by atoms with E-state index in [1.165, 1.54) is 29.1 Å². The first kappa shape index (κ1) is 14.2. The van der Waals surface area contributed by atoms with E-state index in [2.05, 4.69) is 52.9 Å². The first-order valence-corrected chi connectivity index (χ1v) is 7.94. The predicted molar refractivity (Wildman–Crippen MR) is 82.6 cm³/mol. The van der Waals surface area contributed by atoms with Gasteiger partial charge in [-0.15, -0.1) is 11.3 Å². The molecule has 0 radical (unpaired) electrons. The van der Waals surface area contributed by atoms with Crippen LogP contribution in [-0.2, 0) is 19.4 Å². The number of thiazole rings is 1. The van der Waals surface area contributed by atoms with Gasteiger partial charge in [0.25, 0.3) is 0 Å². The Balaban J connectivity index is 1.74. The van der Waals surface area contributed by atoms with Crippen molar-refractivity contribution >= 4 is 11.3 Å². The van der Waals surface area contributed by atoms with Crippen molar-refractivity contribution in [3.8, 4) is 0 Å². The Hall–Kier alpha value is -1.19. The summed E-state index contributed by atoms with van der Waals surface area (Å²) in [6, 6.07) is 10.6. The van der Waals surface area contributed by atoms with Crippen LogP contribution in [0.5, 0.6) is 0 Å². The van der Waals surface area contributed by atoms with Crippen molar-refractivity contribution < 1.29 is 0 Å². The molecule has 0 fully saturated rings. The average Bonchev–Trinajstić information content (AvgIpc) is 2.91. The lowest BCUT2D eigenvalue weighted by atomic mass is 10.1. The maximum atomic E-state index is 4.68. The van der Waals surface area contributed by atoms with Crippen LogP contribution in [0.3, 0.4) is 0 Å². The number of aromatic nitrogens is 1. The largest absolute Gasteiger partial charge is 0.311 e. The number of nitrogens with zero attached hydrogens (tertiary/aromatic N) is 1. The van der Waals surface area contributed by atoms with Gasteiger partial charge in [0.05, 0.1) is 10.7 Å². The molecule has 1 aromatic heterocycles. The molecule has 0 saturated heterocycles. The third-order valence-electron chi connectivity index (χ3n) is 3.08. The van der Waals surface area contributed by atoms with E-state index < -0.39 is 0 Å². The molecular formula is C16H22N2S. The lowest BCUT2D eigenvalue weighted by Crippen LogP contribution is -2.14. The van der Waals surface area contributed by atoms with Crippen molar-refractivity contribution in [2.75, 3.05) is 6.54 Å². The van der Waals surface area contributed by atoms with Gasteiger partial charge in [0.15, 0.2) is 0 Å². The van der Waals surface area contributed by atoms with E-state index in [1.807, 2.05) is 0 Å². The number of nitrogens with one attached hydrogen (secondary N) is 1. The summed E-state index contributed by atoms with van der Waals surface area (Å²) in [6.07, 6.45) is 4.61. The highest BCUT2D eigenvalue weighted by molar-refractivity contribution is 7.09. The Labute approximate surface area is 119 Å². The van der Waals surface area contributed by atoms with Crippen molar-refractivity contribution in [2.45, 2.75) is 39.2 Å². The third-order valence-corrected chi connectivity index (χ3v) is 4.04. The molecule has 0 atom stereocenters. The van der Waals surface area contributed by atoms with Crippen LogP contribution >= 0.6 is 11.3 Å². The molecule has 102 valence electrons. The SMILES string of the molecule is CCCCNCc1csc(CCc2ccccc2)n1. The molecular weight excluding hydrogens is 252 g/mol.